The summed E-state index contributed by atoms with van der Waals surface area (Å²) in [6.07, 6.45) is 1.19. The molecule has 0 spiro atoms. The van der Waals surface area contributed by atoms with Crippen LogP contribution in [0.5, 0.6) is 0 Å². The van der Waals surface area contributed by atoms with E-state index in [-0.39, 0.29) is 5.91 Å². The van der Waals surface area contributed by atoms with Crippen molar-refractivity contribution in [3.63, 3.8) is 0 Å². The highest BCUT2D eigenvalue weighted by atomic mass is 16.5. The van der Waals surface area contributed by atoms with Gasteiger partial charge in [-0.3, -0.25) is 14.6 Å². The Bertz CT molecular complexity index is 474. The Hall–Kier alpha value is -1.43. The highest BCUT2D eigenvalue weighted by Crippen LogP contribution is 2.18. The number of benzene rings is 1. The lowest BCUT2D eigenvalue weighted by atomic mass is 10.1. The van der Waals surface area contributed by atoms with Gasteiger partial charge in [-0.05, 0) is 31.0 Å². The number of rotatable bonds is 5. The van der Waals surface area contributed by atoms with Gasteiger partial charge >= 0.3 is 0 Å². The van der Waals surface area contributed by atoms with Gasteiger partial charge in [0.05, 0.1) is 19.8 Å². The largest absolute Gasteiger partial charge is 0.379 e. The third kappa shape index (κ3) is 4.53. The second-order valence-corrected chi connectivity index (χ2v) is 6.22. The first-order valence-electron chi connectivity index (χ1n) is 8.17. The maximum atomic E-state index is 12.1. The molecule has 5 nitrogen and oxygen atoms in total. The summed E-state index contributed by atoms with van der Waals surface area (Å²) < 4.78 is 5.39. The van der Waals surface area contributed by atoms with Crippen LogP contribution in [0.25, 0.3) is 0 Å². The first-order valence-corrected chi connectivity index (χ1v) is 8.17. The zero-order valence-electron chi connectivity index (χ0n) is 13.0. The molecule has 22 heavy (non-hydrogen) atoms. The van der Waals surface area contributed by atoms with E-state index in [1.807, 2.05) is 30.3 Å². The molecule has 0 bridgehead atoms. The number of ether oxygens (including phenoxy) is 1. The number of carbonyl (C=O) groups excluding carboxylic acids is 1. The molecule has 5 heteroatoms. The lowest BCUT2D eigenvalue weighted by molar-refractivity contribution is -0.117. The summed E-state index contributed by atoms with van der Waals surface area (Å²) in [5.41, 5.74) is 0.872. The van der Waals surface area contributed by atoms with Crippen molar-refractivity contribution in [1.29, 1.82) is 0 Å². The van der Waals surface area contributed by atoms with Crippen molar-refractivity contribution in [3.05, 3.63) is 30.3 Å². The summed E-state index contributed by atoms with van der Waals surface area (Å²) in [4.78, 5) is 16.8. The molecule has 2 aliphatic heterocycles. The summed E-state index contributed by atoms with van der Waals surface area (Å²) >= 11 is 0. The molecule has 1 aromatic rings. The number of nitrogens with zero attached hydrogens (tertiary/aromatic N) is 2. The van der Waals surface area contributed by atoms with Gasteiger partial charge in [0.2, 0.25) is 5.91 Å². The fourth-order valence-electron chi connectivity index (χ4n) is 3.28. The van der Waals surface area contributed by atoms with Gasteiger partial charge in [-0.15, -0.1) is 0 Å². The van der Waals surface area contributed by atoms with E-state index >= 15 is 0 Å². The SMILES string of the molecule is O=C(CN1CC[C@H](CN2CCOCC2)C1)Nc1ccccc1. The number of hydrogen-bond acceptors (Lipinski definition) is 4. The monoisotopic (exact) mass is 303 g/mol. The number of likely N-dealkylation sites (tertiary alicyclic amines) is 1. The lowest BCUT2D eigenvalue weighted by Gasteiger charge is -2.29. The number of nitrogens with one attached hydrogen (secondary N) is 1. The average molecular weight is 303 g/mol. The van der Waals surface area contributed by atoms with E-state index < -0.39 is 0 Å². The molecule has 1 amide bonds. The Morgan fingerprint density at radius 2 is 1.91 bits per heavy atom. The number of hydrogen-bond donors (Lipinski definition) is 1. The summed E-state index contributed by atoms with van der Waals surface area (Å²) in [5, 5.41) is 2.96. The first kappa shape index (κ1) is 15.5. The van der Waals surface area contributed by atoms with Gasteiger partial charge in [-0.1, -0.05) is 18.2 Å². The normalized spacial score (nSPS) is 23.5. The summed E-state index contributed by atoms with van der Waals surface area (Å²) in [6, 6.07) is 9.66. The second-order valence-electron chi connectivity index (χ2n) is 6.22. The van der Waals surface area contributed by atoms with Gasteiger partial charge < -0.3 is 10.1 Å². The Balaban J connectivity index is 1.39. The first-order chi connectivity index (χ1) is 10.8. The number of carbonyl (C=O) groups is 1. The molecule has 120 valence electrons. The molecule has 2 aliphatic rings. The molecule has 2 saturated heterocycles. The molecule has 2 heterocycles. The van der Waals surface area contributed by atoms with Crippen LogP contribution in [0.4, 0.5) is 5.69 Å². The molecule has 0 aromatic heterocycles. The topological polar surface area (TPSA) is 44.8 Å². The fraction of sp³-hybridized carbons (Fsp3) is 0.588. The number of amides is 1. The van der Waals surface area contributed by atoms with E-state index in [9.17, 15) is 4.79 Å². The van der Waals surface area contributed by atoms with Gasteiger partial charge in [0.1, 0.15) is 0 Å². The molecule has 1 atom stereocenters. The van der Waals surface area contributed by atoms with Crippen LogP contribution in [0.1, 0.15) is 6.42 Å². The standard InChI is InChI=1S/C17H25N3O2/c21-17(18-16-4-2-1-3-5-16)14-20-7-6-15(13-20)12-19-8-10-22-11-9-19/h1-5,15H,6-14H2,(H,18,21)/t15-/m1/s1. The zero-order chi connectivity index (χ0) is 15.2. The third-order valence-electron chi connectivity index (χ3n) is 4.41. The lowest BCUT2D eigenvalue weighted by Crippen LogP contribution is -2.40. The predicted molar refractivity (Wildman–Crippen MR) is 86.9 cm³/mol. The molecular formula is C17H25N3O2. The summed E-state index contributed by atoms with van der Waals surface area (Å²) in [5.74, 6) is 0.765. The Labute approximate surface area is 132 Å². The minimum Gasteiger partial charge on any atom is -0.379 e. The summed E-state index contributed by atoms with van der Waals surface area (Å²) in [6.45, 7) is 7.49. The average Bonchev–Trinajstić information content (AvgIpc) is 2.96. The van der Waals surface area contributed by atoms with E-state index in [1.165, 1.54) is 6.42 Å². The van der Waals surface area contributed by atoms with Crippen molar-refractivity contribution >= 4 is 11.6 Å². The van der Waals surface area contributed by atoms with Crippen LogP contribution in [0.15, 0.2) is 30.3 Å². The van der Waals surface area contributed by atoms with Crippen molar-refractivity contribution in [3.8, 4) is 0 Å². The smallest absolute Gasteiger partial charge is 0.238 e. The number of anilines is 1. The molecule has 1 aromatic carbocycles. The molecule has 0 unspecified atom stereocenters. The van der Waals surface area contributed by atoms with Crippen LogP contribution >= 0.6 is 0 Å². The highest BCUT2D eigenvalue weighted by Gasteiger charge is 2.26. The minimum atomic E-state index is 0.0817. The van der Waals surface area contributed by atoms with Crippen LogP contribution < -0.4 is 5.32 Å². The molecule has 2 fully saturated rings. The molecule has 0 radical (unpaired) electrons. The van der Waals surface area contributed by atoms with Gasteiger partial charge in [0, 0.05) is 31.9 Å². The molecule has 0 aliphatic carbocycles. The quantitative estimate of drug-likeness (QED) is 0.890. The van der Waals surface area contributed by atoms with Crippen LogP contribution in [0.2, 0.25) is 0 Å². The van der Waals surface area contributed by atoms with E-state index in [0.29, 0.717) is 12.5 Å². The zero-order valence-corrected chi connectivity index (χ0v) is 13.0. The van der Waals surface area contributed by atoms with E-state index in [4.69, 9.17) is 4.74 Å². The molecule has 3 rings (SSSR count). The third-order valence-corrected chi connectivity index (χ3v) is 4.41. The highest BCUT2D eigenvalue weighted by molar-refractivity contribution is 5.92. The fourth-order valence-corrected chi connectivity index (χ4v) is 3.28. The molecule has 0 saturated carbocycles. The van der Waals surface area contributed by atoms with Gasteiger partial charge in [-0.25, -0.2) is 0 Å². The summed E-state index contributed by atoms with van der Waals surface area (Å²) in [7, 11) is 0. The van der Waals surface area contributed by atoms with Crippen molar-refractivity contribution in [2.45, 2.75) is 6.42 Å². The minimum absolute atomic E-state index is 0.0817. The number of morpholine rings is 1. The number of para-hydroxylation sites is 1. The predicted octanol–water partition coefficient (Wildman–Crippen LogP) is 1.28. The second kappa shape index (κ2) is 7.72. The Morgan fingerprint density at radius 3 is 2.68 bits per heavy atom. The van der Waals surface area contributed by atoms with Crippen LogP contribution in [0, 0.1) is 5.92 Å². The van der Waals surface area contributed by atoms with E-state index in [0.717, 1.165) is 51.6 Å². The van der Waals surface area contributed by atoms with Crippen molar-refractivity contribution in [2.24, 2.45) is 5.92 Å². The van der Waals surface area contributed by atoms with Crippen LogP contribution in [-0.2, 0) is 9.53 Å². The van der Waals surface area contributed by atoms with E-state index in [1.54, 1.807) is 0 Å². The van der Waals surface area contributed by atoms with Crippen molar-refractivity contribution in [2.75, 3.05) is 57.8 Å². The van der Waals surface area contributed by atoms with Crippen LogP contribution in [0.3, 0.4) is 0 Å². The maximum Gasteiger partial charge on any atom is 0.238 e. The van der Waals surface area contributed by atoms with Gasteiger partial charge in [0.15, 0.2) is 0 Å². The van der Waals surface area contributed by atoms with Crippen LogP contribution in [-0.4, -0.2) is 68.2 Å². The van der Waals surface area contributed by atoms with Crippen molar-refractivity contribution < 1.29 is 9.53 Å². The molecular weight excluding hydrogens is 278 g/mol. The van der Waals surface area contributed by atoms with E-state index in [2.05, 4.69) is 15.1 Å². The van der Waals surface area contributed by atoms with Gasteiger partial charge in [-0.2, -0.15) is 0 Å². The van der Waals surface area contributed by atoms with Gasteiger partial charge in [0.25, 0.3) is 0 Å². The maximum absolute atomic E-state index is 12.1. The Kier molecular flexibility index (Phi) is 5.43. The molecule has 1 N–H and O–H groups in total. The van der Waals surface area contributed by atoms with Crippen molar-refractivity contribution in [1.82, 2.24) is 9.80 Å². The Morgan fingerprint density at radius 1 is 1.14 bits per heavy atom.